The molecule has 0 bridgehead atoms. The molecule has 1 aliphatic rings. The molecule has 152 valence electrons. The fourth-order valence-corrected chi connectivity index (χ4v) is 3.49. The van der Waals surface area contributed by atoms with Crippen LogP contribution in [0, 0.1) is 6.92 Å². The van der Waals surface area contributed by atoms with Crippen LogP contribution in [0.2, 0.25) is 0 Å². The number of hydrogen-bond donors (Lipinski definition) is 0. The van der Waals surface area contributed by atoms with Crippen molar-refractivity contribution in [1.29, 1.82) is 0 Å². The molecule has 1 aliphatic heterocycles. The van der Waals surface area contributed by atoms with Gasteiger partial charge in [0.1, 0.15) is 5.75 Å². The largest absolute Gasteiger partial charge is 0.427 e. The van der Waals surface area contributed by atoms with Crippen LogP contribution < -0.4 is 4.74 Å². The average Bonchev–Trinajstić information content (AvgIpc) is 2.72. The molecule has 0 radical (unpaired) electrons. The minimum atomic E-state index is -0.424. The standard InChI is InChI=1S/C23H26N2O4/c1-17-6-3-4-7-19(17)10-11-22(27)24-12-14-25(15-13-24)23(28)20-8-5-9-21(16-20)29-18(2)26/h3-9,16H,10-15H2,1-2H3. The summed E-state index contributed by atoms with van der Waals surface area (Å²) in [5, 5.41) is 0. The summed E-state index contributed by atoms with van der Waals surface area (Å²) in [6.45, 7) is 5.42. The molecule has 0 aliphatic carbocycles. The number of amides is 2. The Bertz CT molecular complexity index is 901. The Morgan fingerprint density at radius 1 is 0.931 bits per heavy atom. The summed E-state index contributed by atoms with van der Waals surface area (Å²) in [6, 6.07) is 14.7. The monoisotopic (exact) mass is 394 g/mol. The second-order valence-electron chi connectivity index (χ2n) is 7.22. The van der Waals surface area contributed by atoms with Gasteiger partial charge in [0.25, 0.3) is 5.91 Å². The third-order valence-corrected chi connectivity index (χ3v) is 5.13. The maximum atomic E-state index is 12.7. The van der Waals surface area contributed by atoms with Gasteiger partial charge in [0, 0.05) is 45.1 Å². The molecule has 0 unspecified atom stereocenters. The van der Waals surface area contributed by atoms with Crippen molar-refractivity contribution in [3.63, 3.8) is 0 Å². The zero-order chi connectivity index (χ0) is 20.8. The molecule has 6 nitrogen and oxygen atoms in total. The van der Waals surface area contributed by atoms with Gasteiger partial charge in [-0.2, -0.15) is 0 Å². The Hall–Kier alpha value is -3.15. The Morgan fingerprint density at radius 2 is 1.62 bits per heavy atom. The number of carbonyl (C=O) groups is 3. The van der Waals surface area contributed by atoms with E-state index in [0.717, 1.165) is 6.42 Å². The Labute approximate surface area is 171 Å². The second-order valence-corrected chi connectivity index (χ2v) is 7.22. The fraction of sp³-hybridized carbons (Fsp3) is 0.348. The van der Waals surface area contributed by atoms with Gasteiger partial charge in [-0.3, -0.25) is 14.4 Å². The van der Waals surface area contributed by atoms with E-state index in [1.165, 1.54) is 18.1 Å². The maximum Gasteiger partial charge on any atom is 0.308 e. The Morgan fingerprint density at radius 3 is 2.31 bits per heavy atom. The molecule has 0 N–H and O–H groups in total. The lowest BCUT2D eigenvalue weighted by Gasteiger charge is -2.35. The number of nitrogens with zero attached hydrogens (tertiary/aromatic N) is 2. The van der Waals surface area contributed by atoms with Gasteiger partial charge >= 0.3 is 5.97 Å². The van der Waals surface area contributed by atoms with Crippen molar-refractivity contribution in [2.75, 3.05) is 26.2 Å². The molecule has 1 saturated heterocycles. The van der Waals surface area contributed by atoms with Crippen LogP contribution in [-0.4, -0.2) is 53.8 Å². The van der Waals surface area contributed by atoms with Gasteiger partial charge < -0.3 is 14.5 Å². The van der Waals surface area contributed by atoms with Crippen LogP contribution in [0.5, 0.6) is 5.75 Å². The lowest BCUT2D eigenvalue weighted by molar-refractivity contribution is -0.133. The normalized spacial score (nSPS) is 13.9. The third kappa shape index (κ3) is 5.44. The summed E-state index contributed by atoms with van der Waals surface area (Å²) in [7, 11) is 0. The SMILES string of the molecule is CC(=O)Oc1cccc(C(=O)N2CCN(C(=O)CCc3ccccc3C)CC2)c1. The molecule has 2 aromatic rings. The van der Waals surface area contributed by atoms with E-state index < -0.39 is 5.97 Å². The molecule has 0 saturated carbocycles. The molecule has 1 fully saturated rings. The molecule has 0 aromatic heterocycles. The van der Waals surface area contributed by atoms with Crippen LogP contribution in [0.3, 0.4) is 0 Å². The summed E-state index contributed by atoms with van der Waals surface area (Å²) in [5.41, 5.74) is 2.87. The number of rotatable bonds is 5. The van der Waals surface area contributed by atoms with Crippen molar-refractivity contribution in [2.24, 2.45) is 0 Å². The van der Waals surface area contributed by atoms with E-state index in [1.807, 2.05) is 17.0 Å². The predicted octanol–water partition coefficient (Wildman–Crippen LogP) is 2.84. The number of hydrogen-bond acceptors (Lipinski definition) is 4. The number of benzene rings is 2. The van der Waals surface area contributed by atoms with E-state index in [-0.39, 0.29) is 11.8 Å². The van der Waals surface area contributed by atoms with E-state index >= 15 is 0 Å². The van der Waals surface area contributed by atoms with Crippen molar-refractivity contribution in [2.45, 2.75) is 26.7 Å². The molecule has 0 spiro atoms. The van der Waals surface area contributed by atoms with Crippen LogP contribution in [0.25, 0.3) is 0 Å². The fourth-order valence-electron chi connectivity index (χ4n) is 3.49. The Kier molecular flexibility index (Phi) is 6.65. The van der Waals surface area contributed by atoms with Gasteiger partial charge in [0.05, 0.1) is 0 Å². The van der Waals surface area contributed by atoms with Crippen LogP contribution in [0.1, 0.15) is 34.8 Å². The highest BCUT2D eigenvalue weighted by Gasteiger charge is 2.25. The van der Waals surface area contributed by atoms with E-state index in [1.54, 1.807) is 29.2 Å². The summed E-state index contributed by atoms with van der Waals surface area (Å²) in [5.74, 6) is -0.0657. The van der Waals surface area contributed by atoms with Crippen molar-refractivity contribution in [1.82, 2.24) is 9.80 Å². The second kappa shape index (κ2) is 9.37. The molecule has 2 amide bonds. The first kappa shape index (κ1) is 20.6. The van der Waals surface area contributed by atoms with Gasteiger partial charge in [-0.15, -0.1) is 0 Å². The minimum absolute atomic E-state index is 0.119. The smallest absolute Gasteiger partial charge is 0.308 e. The Balaban J connectivity index is 1.52. The minimum Gasteiger partial charge on any atom is -0.427 e. The quantitative estimate of drug-likeness (QED) is 0.578. The van der Waals surface area contributed by atoms with Crippen LogP contribution >= 0.6 is 0 Å². The van der Waals surface area contributed by atoms with Gasteiger partial charge in [-0.05, 0) is 42.7 Å². The molecule has 29 heavy (non-hydrogen) atoms. The van der Waals surface area contributed by atoms with Crippen LogP contribution in [0.4, 0.5) is 0 Å². The van der Waals surface area contributed by atoms with Crippen molar-refractivity contribution < 1.29 is 19.1 Å². The molecule has 0 atom stereocenters. The van der Waals surface area contributed by atoms with Crippen molar-refractivity contribution in [3.05, 3.63) is 65.2 Å². The van der Waals surface area contributed by atoms with E-state index in [9.17, 15) is 14.4 Å². The van der Waals surface area contributed by atoms with E-state index in [0.29, 0.717) is 43.9 Å². The van der Waals surface area contributed by atoms with Crippen molar-refractivity contribution in [3.8, 4) is 5.75 Å². The molecular formula is C23H26N2O4. The van der Waals surface area contributed by atoms with Gasteiger partial charge in [-0.25, -0.2) is 0 Å². The molecular weight excluding hydrogens is 368 g/mol. The predicted molar refractivity (Wildman–Crippen MR) is 110 cm³/mol. The zero-order valence-corrected chi connectivity index (χ0v) is 16.9. The van der Waals surface area contributed by atoms with Crippen LogP contribution in [-0.2, 0) is 16.0 Å². The maximum absolute atomic E-state index is 12.7. The average molecular weight is 394 g/mol. The topological polar surface area (TPSA) is 66.9 Å². The van der Waals surface area contributed by atoms with Crippen molar-refractivity contribution >= 4 is 17.8 Å². The summed E-state index contributed by atoms with van der Waals surface area (Å²) < 4.78 is 5.05. The molecule has 3 rings (SSSR count). The number of aryl methyl sites for hydroxylation is 2. The lowest BCUT2D eigenvalue weighted by Crippen LogP contribution is -2.50. The zero-order valence-electron chi connectivity index (χ0n) is 16.9. The summed E-state index contributed by atoms with van der Waals surface area (Å²) in [4.78, 5) is 40.0. The highest BCUT2D eigenvalue weighted by atomic mass is 16.5. The first-order chi connectivity index (χ1) is 13.9. The number of ether oxygens (including phenoxy) is 1. The van der Waals surface area contributed by atoms with E-state index in [4.69, 9.17) is 4.74 Å². The summed E-state index contributed by atoms with van der Waals surface area (Å²) in [6.07, 6.45) is 1.21. The van der Waals surface area contributed by atoms with Crippen LogP contribution in [0.15, 0.2) is 48.5 Å². The lowest BCUT2D eigenvalue weighted by atomic mass is 10.0. The van der Waals surface area contributed by atoms with E-state index in [2.05, 4.69) is 19.1 Å². The highest BCUT2D eigenvalue weighted by Crippen LogP contribution is 2.17. The third-order valence-electron chi connectivity index (χ3n) is 5.13. The number of piperazine rings is 1. The molecule has 1 heterocycles. The van der Waals surface area contributed by atoms with Gasteiger partial charge in [-0.1, -0.05) is 30.3 Å². The highest BCUT2D eigenvalue weighted by molar-refractivity contribution is 5.95. The first-order valence-electron chi connectivity index (χ1n) is 9.84. The number of esters is 1. The molecule has 2 aromatic carbocycles. The first-order valence-corrected chi connectivity index (χ1v) is 9.84. The molecule has 6 heteroatoms. The van der Waals surface area contributed by atoms with Gasteiger partial charge in [0.15, 0.2) is 0 Å². The summed E-state index contributed by atoms with van der Waals surface area (Å²) >= 11 is 0. The number of carbonyl (C=O) groups excluding carboxylic acids is 3. The van der Waals surface area contributed by atoms with Gasteiger partial charge in [0.2, 0.25) is 5.91 Å².